The Morgan fingerprint density at radius 3 is 2.71 bits per heavy atom. The van der Waals surface area contributed by atoms with E-state index in [0.717, 1.165) is 44.2 Å². The first-order chi connectivity index (χ1) is 11.7. The van der Waals surface area contributed by atoms with Crippen LogP contribution in [-0.4, -0.2) is 29.7 Å². The van der Waals surface area contributed by atoms with Gasteiger partial charge in [0.2, 0.25) is 0 Å². The van der Waals surface area contributed by atoms with Gasteiger partial charge in [0.15, 0.2) is 0 Å². The zero-order valence-corrected chi connectivity index (χ0v) is 14.6. The molecule has 2 aromatic rings. The molecule has 2 heterocycles. The maximum atomic E-state index is 6.19. The Bertz CT molecular complexity index is 731. The average molecular weight is 323 g/mol. The molecule has 1 saturated heterocycles. The predicted molar refractivity (Wildman–Crippen MR) is 95.4 cm³/mol. The lowest BCUT2D eigenvalue weighted by atomic mass is 9.92. The zero-order valence-electron chi connectivity index (χ0n) is 14.6. The van der Waals surface area contributed by atoms with Crippen molar-refractivity contribution in [2.24, 2.45) is 0 Å². The molecule has 126 valence electrons. The number of hydrogen-bond acceptors (Lipinski definition) is 4. The fraction of sp³-hybridized carbons (Fsp3) is 0.500. The molecule has 4 rings (SSSR count). The van der Waals surface area contributed by atoms with Crippen LogP contribution in [0.25, 0.3) is 0 Å². The Morgan fingerprint density at radius 1 is 1.08 bits per heavy atom. The maximum absolute atomic E-state index is 6.19. The van der Waals surface area contributed by atoms with Crippen molar-refractivity contribution in [1.29, 1.82) is 0 Å². The van der Waals surface area contributed by atoms with Gasteiger partial charge < -0.3 is 9.64 Å². The molecule has 1 aromatic carbocycles. The monoisotopic (exact) mass is 323 g/mol. The van der Waals surface area contributed by atoms with Crippen LogP contribution in [0.3, 0.4) is 0 Å². The number of anilines is 1. The van der Waals surface area contributed by atoms with Gasteiger partial charge in [-0.05, 0) is 45.1 Å². The minimum atomic E-state index is -0.292. The summed E-state index contributed by atoms with van der Waals surface area (Å²) in [5, 5.41) is 0. The number of hydrogen-bond donors (Lipinski definition) is 0. The van der Waals surface area contributed by atoms with Crippen LogP contribution in [-0.2, 0) is 23.2 Å². The van der Waals surface area contributed by atoms with Crippen molar-refractivity contribution in [3.05, 3.63) is 53.0 Å². The highest BCUT2D eigenvalue weighted by molar-refractivity contribution is 5.51. The highest BCUT2D eigenvalue weighted by Crippen LogP contribution is 2.34. The molecule has 0 radical (unpaired) electrons. The van der Waals surface area contributed by atoms with Gasteiger partial charge in [-0.2, -0.15) is 0 Å². The molecule has 4 heteroatoms. The smallest absolute Gasteiger partial charge is 0.135 e. The van der Waals surface area contributed by atoms with Crippen LogP contribution in [0.4, 0.5) is 5.82 Å². The largest absolute Gasteiger partial charge is 0.367 e. The molecule has 1 unspecified atom stereocenters. The number of fused-ring (bicyclic) bond motifs is 1. The van der Waals surface area contributed by atoms with Crippen molar-refractivity contribution < 1.29 is 4.74 Å². The molecule has 0 bridgehead atoms. The molecule has 4 nitrogen and oxygen atoms in total. The molecular formula is C20H25N3O. The van der Waals surface area contributed by atoms with Crippen LogP contribution in [0.15, 0.2) is 30.3 Å². The Hall–Kier alpha value is -1.94. The van der Waals surface area contributed by atoms with Gasteiger partial charge in [0, 0.05) is 17.8 Å². The van der Waals surface area contributed by atoms with Crippen LogP contribution >= 0.6 is 0 Å². The minimum Gasteiger partial charge on any atom is -0.367 e. The molecule has 1 fully saturated rings. The van der Waals surface area contributed by atoms with E-state index in [1.54, 1.807) is 0 Å². The number of morpholine rings is 1. The highest BCUT2D eigenvalue weighted by Gasteiger charge is 2.35. The summed E-state index contributed by atoms with van der Waals surface area (Å²) in [4.78, 5) is 11.9. The fourth-order valence-corrected chi connectivity index (χ4v) is 3.97. The molecule has 0 spiro atoms. The third-order valence-corrected chi connectivity index (χ3v) is 5.23. The minimum absolute atomic E-state index is 0.292. The van der Waals surface area contributed by atoms with Gasteiger partial charge in [-0.1, -0.05) is 30.3 Å². The molecule has 1 aromatic heterocycles. The summed E-state index contributed by atoms with van der Waals surface area (Å²) < 4.78 is 6.19. The lowest BCUT2D eigenvalue weighted by Gasteiger charge is -2.42. The average Bonchev–Trinajstić information content (AvgIpc) is 2.62. The van der Waals surface area contributed by atoms with Gasteiger partial charge in [-0.25, -0.2) is 9.97 Å². The normalized spacial score (nSPS) is 23.8. The number of aryl methyl sites for hydroxylation is 2. The summed E-state index contributed by atoms with van der Waals surface area (Å²) in [6, 6.07) is 10.5. The van der Waals surface area contributed by atoms with E-state index in [0.29, 0.717) is 0 Å². The second-order valence-electron chi connectivity index (χ2n) is 7.09. The molecule has 0 saturated carbocycles. The van der Waals surface area contributed by atoms with Crippen molar-refractivity contribution >= 4 is 5.82 Å². The predicted octanol–water partition coefficient (Wildman–Crippen LogP) is 3.42. The van der Waals surface area contributed by atoms with E-state index in [1.165, 1.54) is 29.7 Å². The van der Waals surface area contributed by atoms with Gasteiger partial charge in [-0.3, -0.25) is 0 Å². The number of aromatic nitrogens is 2. The van der Waals surface area contributed by atoms with Crippen molar-refractivity contribution in [3.63, 3.8) is 0 Å². The lowest BCUT2D eigenvalue weighted by Crippen LogP contribution is -2.49. The molecule has 1 atom stereocenters. The summed E-state index contributed by atoms with van der Waals surface area (Å²) in [7, 11) is 0. The second kappa shape index (κ2) is 6.17. The lowest BCUT2D eigenvalue weighted by molar-refractivity contribution is -0.0468. The van der Waals surface area contributed by atoms with Crippen molar-refractivity contribution in [1.82, 2.24) is 9.97 Å². The first-order valence-corrected chi connectivity index (χ1v) is 8.96. The zero-order chi connectivity index (χ0) is 16.6. The Kier molecular flexibility index (Phi) is 4.01. The first kappa shape index (κ1) is 15.6. The summed E-state index contributed by atoms with van der Waals surface area (Å²) in [5.74, 6) is 2.03. The summed E-state index contributed by atoms with van der Waals surface area (Å²) in [6.07, 6.45) is 4.68. The van der Waals surface area contributed by atoms with E-state index in [1.807, 2.05) is 6.92 Å². The van der Waals surface area contributed by atoms with E-state index in [9.17, 15) is 0 Å². The maximum Gasteiger partial charge on any atom is 0.135 e. The quantitative estimate of drug-likeness (QED) is 0.849. The topological polar surface area (TPSA) is 38.2 Å². The van der Waals surface area contributed by atoms with Crippen LogP contribution in [0, 0.1) is 6.92 Å². The van der Waals surface area contributed by atoms with Gasteiger partial charge in [-0.15, -0.1) is 0 Å². The van der Waals surface area contributed by atoms with E-state index < -0.39 is 0 Å². The SMILES string of the molecule is Cc1nc2c(c(N3CCOC(C)(c4ccccc4)C3)n1)CCCC2. The van der Waals surface area contributed by atoms with E-state index in [2.05, 4.69) is 42.2 Å². The number of ether oxygens (including phenoxy) is 1. The van der Waals surface area contributed by atoms with Crippen LogP contribution in [0.2, 0.25) is 0 Å². The summed E-state index contributed by atoms with van der Waals surface area (Å²) >= 11 is 0. The first-order valence-electron chi connectivity index (χ1n) is 8.96. The molecular weight excluding hydrogens is 298 g/mol. The van der Waals surface area contributed by atoms with E-state index >= 15 is 0 Å². The standard InChI is InChI=1S/C20H25N3O/c1-15-21-18-11-7-6-10-17(18)19(22-15)23-12-13-24-20(2,14-23)16-8-4-3-5-9-16/h3-5,8-9H,6-7,10-14H2,1-2H3. The molecule has 2 aliphatic rings. The summed E-state index contributed by atoms with van der Waals surface area (Å²) in [5.41, 5.74) is 3.56. The molecule has 0 N–H and O–H groups in total. The number of rotatable bonds is 2. The highest BCUT2D eigenvalue weighted by atomic mass is 16.5. The summed E-state index contributed by atoms with van der Waals surface area (Å²) in [6.45, 7) is 6.65. The van der Waals surface area contributed by atoms with E-state index in [-0.39, 0.29) is 5.60 Å². The van der Waals surface area contributed by atoms with Crippen molar-refractivity contribution in [3.8, 4) is 0 Å². The molecule has 0 amide bonds. The third kappa shape index (κ3) is 2.80. The van der Waals surface area contributed by atoms with Crippen molar-refractivity contribution in [2.45, 2.75) is 45.1 Å². The third-order valence-electron chi connectivity index (χ3n) is 5.23. The van der Waals surface area contributed by atoms with Crippen LogP contribution in [0.5, 0.6) is 0 Å². The van der Waals surface area contributed by atoms with E-state index in [4.69, 9.17) is 14.7 Å². The second-order valence-corrected chi connectivity index (χ2v) is 7.09. The Labute approximate surface area is 143 Å². The van der Waals surface area contributed by atoms with Gasteiger partial charge >= 0.3 is 0 Å². The van der Waals surface area contributed by atoms with Gasteiger partial charge in [0.05, 0.1) is 13.2 Å². The fourth-order valence-electron chi connectivity index (χ4n) is 3.97. The number of benzene rings is 1. The van der Waals surface area contributed by atoms with Gasteiger partial charge in [0.25, 0.3) is 0 Å². The van der Waals surface area contributed by atoms with Gasteiger partial charge in [0.1, 0.15) is 17.2 Å². The van der Waals surface area contributed by atoms with Crippen LogP contribution in [0.1, 0.15) is 42.4 Å². The molecule has 24 heavy (non-hydrogen) atoms. The molecule has 1 aliphatic carbocycles. The Morgan fingerprint density at radius 2 is 1.88 bits per heavy atom. The van der Waals surface area contributed by atoms with Crippen molar-refractivity contribution in [2.75, 3.05) is 24.6 Å². The number of nitrogens with zero attached hydrogens (tertiary/aromatic N) is 3. The molecule has 1 aliphatic heterocycles. The Balaban J connectivity index is 1.69. The van der Waals surface area contributed by atoms with Crippen LogP contribution < -0.4 is 4.90 Å².